The van der Waals surface area contributed by atoms with Crippen molar-refractivity contribution < 1.29 is 24.3 Å². The van der Waals surface area contributed by atoms with E-state index in [-0.39, 0.29) is 58.6 Å². The van der Waals surface area contributed by atoms with Gasteiger partial charge in [-0.2, -0.15) is 0 Å². The number of aliphatic carboxylic acids is 1. The highest BCUT2D eigenvalue weighted by atomic mass is 32.2. The van der Waals surface area contributed by atoms with Gasteiger partial charge in [-0.15, -0.1) is 16.9 Å². The predicted octanol–water partition coefficient (Wildman–Crippen LogP) is -1.38. The summed E-state index contributed by atoms with van der Waals surface area (Å²) in [5.41, 5.74) is 0.277. The van der Waals surface area contributed by atoms with Crippen molar-refractivity contribution in [2.45, 2.75) is 69.1 Å². The fraction of sp³-hybridized carbons (Fsp3) is 0.731. The van der Waals surface area contributed by atoms with E-state index in [1.54, 1.807) is 6.92 Å². The number of nitrogens with one attached hydrogen (secondary N) is 3. The Hall–Kier alpha value is -3.04. The number of hydrogen-bond acceptors (Lipinski definition) is 10. The van der Waals surface area contributed by atoms with Crippen LogP contribution < -0.4 is 16.0 Å². The highest BCUT2D eigenvalue weighted by Gasteiger charge is 2.61. The Morgan fingerprint density at radius 2 is 2.12 bits per heavy atom. The lowest BCUT2D eigenvalue weighted by molar-refractivity contribution is -0.158. The van der Waals surface area contributed by atoms with Crippen molar-refractivity contribution in [2.75, 3.05) is 26.2 Å². The molecule has 5 fully saturated rings. The van der Waals surface area contributed by atoms with Crippen LogP contribution in [-0.2, 0) is 25.7 Å². The van der Waals surface area contributed by atoms with E-state index in [0.29, 0.717) is 29.8 Å². The van der Waals surface area contributed by atoms with Crippen LogP contribution in [0.1, 0.15) is 33.1 Å². The number of hydrogen-bond donors (Lipinski definition) is 4. The second-order valence-corrected chi connectivity index (χ2v) is 14.0. The minimum atomic E-state index is -1.13. The van der Waals surface area contributed by atoms with E-state index in [1.807, 2.05) is 11.8 Å². The van der Waals surface area contributed by atoms with Crippen LogP contribution >= 0.6 is 11.8 Å². The molecule has 7 rings (SSSR count). The Morgan fingerprint density at radius 1 is 1.29 bits per heavy atom. The second-order valence-electron chi connectivity index (χ2n) is 12.6. The van der Waals surface area contributed by atoms with Crippen LogP contribution in [0.3, 0.4) is 0 Å². The molecule has 0 radical (unpaired) electrons. The van der Waals surface area contributed by atoms with Gasteiger partial charge in [0.25, 0.3) is 0 Å². The van der Waals surface area contributed by atoms with Gasteiger partial charge in [-0.05, 0) is 42.5 Å². The zero-order valence-electron chi connectivity index (χ0n) is 23.0. The van der Waals surface area contributed by atoms with Crippen LogP contribution in [-0.4, -0.2) is 114 Å². The molecule has 1 saturated carbocycles. The van der Waals surface area contributed by atoms with E-state index in [9.17, 15) is 24.3 Å². The third kappa shape index (κ3) is 4.26. The molecule has 9 atom stereocenters. The van der Waals surface area contributed by atoms with Gasteiger partial charge in [0.15, 0.2) is 0 Å². The number of carbonyl (C=O) groups excluding carboxylic acids is 3. The van der Waals surface area contributed by atoms with Crippen molar-refractivity contribution >= 4 is 35.5 Å². The maximum absolute atomic E-state index is 13.5. The van der Waals surface area contributed by atoms with Gasteiger partial charge in [0.05, 0.1) is 18.0 Å². The summed E-state index contributed by atoms with van der Waals surface area (Å²) >= 11 is 1.48. The lowest BCUT2D eigenvalue weighted by Crippen LogP contribution is -2.66. The van der Waals surface area contributed by atoms with Gasteiger partial charge in [0.1, 0.15) is 18.6 Å². The highest BCUT2D eigenvalue weighted by Crippen LogP contribution is 2.53. The van der Waals surface area contributed by atoms with Gasteiger partial charge >= 0.3 is 5.97 Å². The lowest BCUT2D eigenvalue weighted by Gasteiger charge is -2.47. The molecule has 3 amide bonds. The predicted molar refractivity (Wildman–Crippen MR) is 145 cm³/mol. The molecule has 41 heavy (non-hydrogen) atoms. The largest absolute Gasteiger partial charge is 0.477 e. The number of nitrogens with zero attached hydrogens (tertiary/aromatic N) is 6. The number of likely N-dealkylation sites (tertiary alicyclic amines) is 1. The molecule has 1 spiro atoms. The molecule has 4 unspecified atom stereocenters. The van der Waals surface area contributed by atoms with Gasteiger partial charge in [-0.1, -0.05) is 6.92 Å². The molecule has 2 bridgehead atoms. The first kappa shape index (κ1) is 26.8. The molecule has 4 N–H and O–H groups in total. The molecule has 6 aliphatic rings. The molecule has 1 aromatic heterocycles. The molecule has 5 aliphatic heterocycles. The van der Waals surface area contributed by atoms with Gasteiger partial charge in [-0.25, -0.2) is 9.48 Å². The van der Waals surface area contributed by atoms with Crippen molar-refractivity contribution in [3.63, 3.8) is 0 Å². The van der Waals surface area contributed by atoms with Gasteiger partial charge < -0.3 is 30.9 Å². The summed E-state index contributed by atoms with van der Waals surface area (Å²) in [5, 5.41) is 30.7. The van der Waals surface area contributed by atoms with Crippen LogP contribution in [0.15, 0.2) is 16.9 Å². The summed E-state index contributed by atoms with van der Waals surface area (Å²) in [7, 11) is 0. The number of β-lactam (4-membered cyclic amide) rings is 1. The van der Waals surface area contributed by atoms with Crippen LogP contribution in [0.25, 0.3) is 0 Å². The maximum Gasteiger partial charge on any atom is 0.353 e. The van der Waals surface area contributed by atoms with E-state index in [0.717, 1.165) is 26.1 Å². The molecule has 6 heterocycles. The number of thioether (sulfide) groups is 1. The highest BCUT2D eigenvalue weighted by molar-refractivity contribution is 8.03. The summed E-state index contributed by atoms with van der Waals surface area (Å²) in [6, 6.07) is -0.505. The number of aromatic nitrogens is 4. The van der Waals surface area contributed by atoms with E-state index in [4.69, 9.17) is 0 Å². The van der Waals surface area contributed by atoms with Crippen molar-refractivity contribution in [1.82, 2.24) is 46.0 Å². The minimum absolute atomic E-state index is 0.0224. The Labute approximate surface area is 241 Å². The van der Waals surface area contributed by atoms with Crippen LogP contribution in [0.5, 0.6) is 0 Å². The molecular weight excluding hydrogens is 550 g/mol. The van der Waals surface area contributed by atoms with Crippen LogP contribution in [0.4, 0.5) is 0 Å². The van der Waals surface area contributed by atoms with Crippen molar-refractivity contribution in [1.29, 1.82) is 0 Å². The van der Waals surface area contributed by atoms with Crippen molar-refractivity contribution in [2.24, 2.45) is 23.2 Å². The molecule has 1 aromatic rings. The van der Waals surface area contributed by atoms with Gasteiger partial charge in [0.2, 0.25) is 17.7 Å². The van der Waals surface area contributed by atoms with Crippen LogP contribution in [0.2, 0.25) is 0 Å². The number of rotatable bonds is 8. The third-order valence-electron chi connectivity index (χ3n) is 10.2. The Balaban J connectivity index is 0.989. The van der Waals surface area contributed by atoms with E-state index < -0.39 is 17.9 Å². The number of fused-ring (bicyclic) bond motifs is 2. The Kier molecular flexibility index (Phi) is 6.39. The summed E-state index contributed by atoms with van der Waals surface area (Å²) in [4.78, 5) is 55.6. The Bertz CT molecular complexity index is 1320. The fourth-order valence-corrected chi connectivity index (χ4v) is 9.80. The zero-order chi connectivity index (χ0) is 28.6. The van der Waals surface area contributed by atoms with E-state index >= 15 is 0 Å². The average molecular weight is 586 g/mol. The molecular formula is C26H35N9O5S. The number of carboxylic acids is 1. The van der Waals surface area contributed by atoms with Crippen molar-refractivity contribution in [3.05, 3.63) is 16.9 Å². The SMILES string of the molecule is C[C@@H](NC(=O)Cn1cnnn1)[C@H]1C(=O)N2C(C(=O)O)=C(S[C@@H]3CNC(C(=O)N4CC5CC6CC5(CN6)C4)C3)[C@H](C)[C@H]12. The molecule has 0 aromatic carbocycles. The number of carbonyl (C=O) groups is 4. The van der Waals surface area contributed by atoms with E-state index in [2.05, 4.69) is 31.5 Å². The Morgan fingerprint density at radius 3 is 2.83 bits per heavy atom. The zero-order valence-corrected chi connectivity index (χ0v) is 23.8. The lowest BCUT2D eigenvalue weighted by atomic mass is 9.78. The monoisotopic (exact) mass is 585 g/mol. The first-order chi connectivity index (χ1) is 19.6. The summed E-state index contributed by atoms with van der Waals surface area (Å²) in [6.45, 7) is 6.90. The number of piperidine rings is 1. The molecule has 1 aliphatic carbocycles. The van der Waals surface area contributed by atoms with Gasteiger partial charge in [0, 0.05) is 59.8 Å². The third-order valence-corrected chi connectivity index (χ3v) is 11.7. The summed E-state index contributed by atoms with van der Waals surface area (Å²) in [6.07, 6.45) is 4.27. The topological polar surface area (TPSA) is 175 Å². The number of amides is 3. The average Bonchev–Trinajstić information content (AvgIpc) is 3.75. The molecule has 220 valence electrons. The smallest absolute Gasteiger partial charge is 0.353 e. The first-order valence-electron chi connectivity index (χ1n) is 14.4. The molecule has 15 heteroatoms. The number of carboxylic acid groups (broad SMARTS) is 1. The normalized spacial score (nSPS) is 37.8. The fourth-order valence-electron chi connectivity index (χ4n) is 8.32. The van der Waals surface area contributed by atoms with Gasteiger partial charge in [-0.3, -0.25) is 14.4 Å². The van der Waals surface area contributed by atoms with Crippen molar-refractivity contribution in [3.8, 4) is 0 Å². The second kappa shape index (κ2) is 9.76. The minimum Gasteiger partial charge on any atom is -0.477 e. The summed E-state index contributed by atoms with van der Waals surface area (Å²) < 4.78 is 1.29. The molecule has 14 nitrogen and oxygen atoms in total. The van der Waals surface area contributed by atoms with E-state index in [1.165, 1.54) is 34.1 Å². The first-order valence-corrected chi connectivity index (χ1v) is 15.3. The molecule has 4 saturated heterocycles. The summed E-state index contributed by atoms with van der Waals surface area (Å²) in [5.74, 6) is -1.77. The quantitative estimate of drug-likeness (QED) is 0.265. The van der Waals surface area contributed by atoms with Crippen LogP contribution in [0, 0.1) is 23.2 Å². The number of tetrazole rings is 1. The standard InChI is InChI=1S/C26H35N9O5S/c1-12-20-19(13(2)30-18(36)8-34-11-29-31-32-34)24(38)35(20)21(25(39)40)22(12)41-16-4-17(27-6-16)23(37)33-7-14-3-15-5-26(14,10-33)9-28-15/h11-17,19-20,27-28H,3-10H2,1-2H3,(H,30,36)(H,39,40)/t12-,13-,14?,15?,16+,17?,19-,20-,26?/m1/s1. The maximum atomic E-state index is 13.5.